The number of nitrogens with one attached hydrogen (secondary N) is 1. The fourth-order valence-corrected chi connectivity index (χ4v) is 1.63. The molecule has 2 rings (SSSR count). The number of pyridine rings is 1. The third-order valence-electron chi connectivity index (χ3n) is 2.28. The van der Waals surface area contributed by atoms with Crippen LogP contribution in [0.3, 0.4) is 0 Å². The van der Waals surface area contributed by atoms with E-state index in [4.69, 9.17) is 0 Å². The Morgan fingerprint density at radius 1 is 1.38 bits per heavy atom. The Morgan fingerprint density at radius 3 is 2.85 bits per heavy atom. The standard InChI is InChI=1S/C9H10F2N2/c10-8-4-3-6(9(11)13-8)7-2-1-5-12-7/h3-4,7,12H,1-2,5H2/t7-/m0/s1. The maximum atomic E-state index is 13.1. The van der Waals surface area contributed by atoms with Crippen molar-refractivity contribution in [3.05, 3.63) is 29.6 Å². The van der Waals surface area contributed by atoms with Crippen molar-refractivity contribution < 1.29 is 8.78 Å². The molecule has 0 aromatic carbocycles. The quantitative estimate of drug-likeness (QED) is 0.673. The SMILES string of the molecule is Fc1ccc([C@@H]2CCCN2)c(F)n1. The predicted octanol–water partition coefficient (Wildman–Crippen LogP) is 1.78. The molecule has 1 aromatic rings. The highest BCUT2D eigenvalue weighted by Crippen LogP contribution is 2.24. The van der Waals surface area contributed by atoms with Crippen LogP contribution in [0.5, 0.6) is 0 Å². The third-order valence-corrected chi connectivity index (χ3v) is 2.28. The third kappa shape index (κ3) is 1.67. The molecule has 1 N–H and O–H groups in total. The summed E-state index contributed by atoms with van der Waals surface area (Å²) < 4.78 is 25.6. The molecule has 1 aliphatic rings. The molecule has 0 aliphatic carbocycles. The Kier molecular flexibility index (Phi) is 2.22. The van der Waals surface area contributed by atoms with Crippen LogP contribution in [0, 0.1) is 11.9 Å². The molecule has 0 unspecified atom stereocenters. The van der Waals surface area contributed by atoms with Crippen LogP contribution in [0.1, 0.15) is 24.4 Å². The zero-order chi connectivity index (χ0) is 9.26. The average molecular weight is 184 g/mol. The molecule has 4 heteroatoms. The first-order valence-electron chi connectivity index (χ1n) is 4.33. The van der Waals surface area contributed by atoms with Crippen molar-refractivity contribution in [3.8, 4) is 0 Å². The van der Waals surface area contributed by atoms with Crippen molar-refractivity contribution in [3.63, 3.8) is 0 Å². The van der Waals surface area contributed by atoms with Crippen LogP contribution >= 0.6 is 0 Å². The summed E-state index contributed by atoms with van der Waals surface area (Å²) in [6, 6.07) is 2.66. The smallest absolute Gasteiger partial charge is 0.220 e. The summed E-state index contributed by atoms with van der Waals surface area (Å²) >= 11 is 0. The van der Waals surface area contributed by atoms with E-state index in [1.807, 2.05) is 0 Å². The van der Waals surface area contributed by atoms with Gasteiger partial charge in [0.25, 0.3) is 0 Å². The summed E-state index contributed by atoms with van der Waals surface area (Å²) in [5.74, 6) is -1.46. The molecule has 1 fully saturated rings. The van der Waals surface area contributed by atoms with Crippen LogP contribution in [-0.2, 0) is 0 Å². The van der Waals surface area contributed by atoms with Gasteiger partial charge >= 0.3 is 0 Å². The lowest BCUT2D eigenvalue weighted by atomic mass is 10.1. The van der Waals surface area contributed by atoms with Gasteiger partial charge in [-0.05, 0) is 31.5 Å². The van der Waals surface area contributed by atoms with Gasteiger partial charge in [0, 0.05) is 11.6 Å². The fourth-order valence-electron chi connectivity index (χ4n) is 1.63. The first kappa shape index (κ1) is 8.56. The maximum Gasteiger partial charge on any atom is 0.220 e. The highest BCUT2D eigenvalue weighted by molar-refractivity contribution is 5.17. The number of hydrogen-bond acceptors (Lipinski definition) is 2. The zero-order valence-corrected chi connectivity index (χ0v) is 7.06. The van der Waals surface area contributed by atoms with Gasteiger partial charge < -0.3 is 5.32 Å². The van der Waals surface area contributed by atoms with Gasteiger partial charge in [0.05, 0.1) is 0 Å². The number of rotatable bonds is 1. The van der Waals surface area contributed by atoms with E-state index >= 15 is 0 Å². The molecule has 1 saturated heterocycles. The molecule has 70 valence electrons. The monoisotopic (exact) mass is 184 g/mol. The normalized spacial score (nSPS) is 22.2. The lowest BCUT2D eigenvalue weighted by Crippen LogP contribution is -2.15. The Labute approximate surface area is 75.0 Å². The topological polar surface area (TPSA) is 24.9 Å². The highest BCUT2D eigenvalue weighted by Gasteiger charge is 2.20. The van der Waals surface area contributed by atoms with E-state index < -0.39 is 11.9 Å². The molecule has 0 amide bonds. The van der Waals surface area contributed by atoms with Crippen LogP contribution in [0.25, 0.3) is 0 Å². The molecule has 0 radical (unpaired) electrons. The molecule has 1 aliphatic heterocycles. The zero-order valence-electron chi connectivity index (χ0n) is 7.06. The van der Waals surface area contributed by atoms with Crippen LogP contribution in [-0.4, -0.2) is 11.5 Å². The van der Waals surface area contributed by atoms with Crippen molar-refractivity contribution in [1.82, 2.24) is 10.3 Å². The second-order valence-electron chi connectivity index (χ2n) is 3.16. The van der Waals surface area contributed by atoms with Crippen LogP contribution in [0.4, 0.5) is 8.78 Å². The second-order valence-corrected chi connectivity index (χ2v) is 3.16. The number of aromatic nitrogens is 1. The molecule has 1 atom stereocenters. The van der Waals surface area contributed by atoms with Crippen LogP contribution < -0.4 is 5.32 Å². The molecule has 0 spiro atoms. The van der Waals surface area contributed by atoms with Gasteiger partial charge in [-0.25, -0.2) is 0 Å². The Hall–Kier alpha value is -1.03. The number of nitrogens with zero attached hydrogens (tertiary/aromatic N) is 1. The van der Waals surface area contributed by atoms with Crippen molar-refractivity contribution in [2.75, 3.05) is 6.54 Å². The molecule has 2 nitrogen and oxygen atoms in total. The van der Waals surface area contributed by atoms with E-state index in [1.54, 1.807) is 0 Å². The summed E-state index contributed by atoms with van der Waals surface area (Å²) in [4.78, 5) is 3.14. The lowest BCUT2D eigenvalue weighted by molar-refractivity contribution is 0.484. The summed E-state index contributed by atoms with van der Waals surface area (Å²) in [5.41, 5.74) is 0.471. The van der Waals surface area contributed by atoms with Gasteiger partial charge in [0.1, 0.15) is 0 Å². The molecular formula is C9H10F2N2. The van der Waals surface area contributed by atoms with E-state index in [1.165, 1.54) is 12.1 Å². The molecular weight excluding hydrogens is 174 g/mol. The first-order chi connectivity index (χ1) is 6.27. The number of halogens is 2. The Bertz CT molecular complexity index is 308. The summed E-state index contributed by atoms with van der Waals surface area (Å²) in [6.07, 6.45) is 1.92. The summed E-state index contributed by atoms with van der Waals surface area (Å²) in [7, 11) is 0. The minimum Gasteiger partial charge on any atom is -0.310 e. The highest BCUT2D eigenvalue weighted by atomic mass is 19.1. The van der Waals surface area contributed by atoms with Gasteiger partial charge in [0.2, 0.25) is 11.9 Å². The minimum atomic E-state index is -0.765. The van der Waals surface area contributed by atoms with E-state index in [-0.39, 0.29) is 6.04 Å². The van der Waals surface area contributed by atoms with E-state index in [2.05, 4.69) is 10.3 Å². The Balaban J connectivity index is 2.29. The predicted molar refractivity (Wildman–Crippen MR) is 44.1 cm³/mol. The fraction of sp³-hybridized carbons (Fsp3) is 0.444. The number of hydrogen-bond donors (Lipinski definition) is 1. The largest absolute Gasteiger partial charge is 0.310 e. The summed E-state index contributed by atoms with van der Waals surface area (Å²) in [6.45, 7) is 0.890. The minimum absolute atomic E-state index is 0.00750. The molecule has 1 aromatic heterocycles. The van der Waals surface area contributed by atoms with Gasteiger partial charge in [-0.2, -0.15) is 13.8 Å². The van der Waals surface area contributed by atoms with Crippen molar-refractivity contribution in [2.45, 2.75) is 18.9 Å². The molecule has 0 bridgehead atoms. The van der Waals surface area contributed by atoms with E-state index in [0.717, 1.165) is 19.4 Å². The molecule has 13 heavy (non-hydrogen) atoms. The maximum absolute atomic E-state index is 13.1. The second kappa shape index (κ2) is 3.38. The van der Waals surface area contributed by atoms with Gasteiger partial charge in [-0.15, -0.1) is 0 Å². The lowest BCUT2D eigenvalue weighted by Gasteiger charge is -2.10. The van der Waals surface area contributed by atoms with Gasteiger partial charge in [-0.1, -0.05) is 0 Å². The molecule has 0 saturated carbocycles. The van der Waals surface area contributed by atoms with Gasteiger partial charge in [0.15, 0.2) is 0 Å². The van der Waals surface area contributed by atoms with Crippen LogP contribution in [0.2, 0.25) is 0 Å². The van der Waals surface area contributed by atoms with Crippen LogP contribution in [0.15, 0.2) is 12.1 Å². The van der Waals surface area contributed by atoms with E-state index in [9.17, 15) is 8.78 Å². The van der Waals surface area contributed by atoms with Crippen molar-refractivity contribution >= 4 is 0 Å². The van der Waals surface area contributed by atoms with Crippen molar-refractivity contribution in [2.24, 2.45) is 0 Å². The van der Waals surface area contributed by atoms with E-state index in [0.29, 0.717) is 5.56 Å². The average Bonchev–Trinajstić information content (AvgIpc) is 2.56. The Morgan fingerprint density at radius 2 is 2.23 bits per heavy atom. The van der Waals surface area contributed by atoms with Gasteiger partial charge in [-0.3, -0.25) is 0 Å². The molecule has 2 heterocycles. The van der Waals surface area contributed by atoms with Crippen molar-refractivity contribution in [1.29, 1.82) is 0 Å². The first-order valence-corrected chi connectivity index (χ1v) is 4.33. The summed E-state index contributed by atoms with van der Waals surface area (Å²) in [5, 5.41) is 3.13.